The molecular formula is C15H17FN4O2. The van der Waals surface area contributed by atoms with Crippen molar-refractivity contribution in [3.8, 4) is 0 Å². The molecule has 1 amide bonds. The maximum Gasteiger partial charge on any atom is 0.273 e. The van der Waals surface area contributed by atoms with Crippen molar-refractivity contribution < 1.29 is 13.9 Å². The number of hydrogen-bond donors (Lipinski definition) is 2. The van der Waals surface area contributed by atoms with E-state index in [1.807, 2.05) is 6.07 Å². The van der Waals surface area contributed by atoms with E-state index in [2.05, 4.69) is 20.7 Å². The normalized spacial score (nSPS) is 17.1. The van der Waals surface area contributed by atoms with E-state index in [-0.39, 0.29) is 22.8 Å². The first-order valence-electron chi connectivity index (χ1n) is 7.17. The first kappa shape index (κ1) is 14.6. The third-order valence-electron chi connectivity index (χ3n) is 4.12. The molecule has 22 heavy (non-hydrogen) atoms. The monoisotopic (exact) mass is 304 g/mol. The lowest BCUT2D eigenvalue weighted by Crippen LogP contribution is -2.44. The van der Waals surface area contributed by atoms with Gasteiger partial charge in [0.05, 0.1) is 6.20 Å². The molecule has 3 rings (SSSR count). The molecule has 2 aromatic rings. The number of nitrogens with zero attached hydrogens (tertiary/aromatic N) is 2. The zero-order valence-electron chi connectivity index (χ0n) is 12.0. The molecule has 0 radical (unpaired) electrons. The fourth-order valence-corrected chi connectivity index (χ4v) is 2.80. The summed E-state index contributed by atoms with van der Waals surface area (Å²) in [7, 11) is 0. The van der Waals surface area contributed by atoms with Crippen LogP contribution in [0.25, 0.3) is 0 Å². The Kier molecular flexibility index (Phi) is 4.15. The Morgan fingerprint density at radius 2 is 2.23 bits per heavy atom. The van der Waals surface area contributed by atoms with Crippen LogP contribution in [-0.2, 0) is 10.2 Å². The maximum absolute atomic E-state index is 13.6. The van der Waals surface area contributed by atoms with Crippen LogP contribution in [0.5, 0.6) is 0 Å². The second kappa shape index (κ2) is 6.23. The fraction of sp³-hybridized carbons (Fsp3) is 0.400. The fourth-order valence-electron chi connectivity index (χ4n) is 2.80. The summed E-state index contributed by atoms with van der Waals surface area (Å²) >= 11 is 0. The SMILES string of the molecule is O=C(NCC1(c2cccc(F)c2)CCOCC1)c1cn[nH]n1. The molecule has 0 atom stereocenters. The van der Waals surface area contributed by atoms with Crippen molar-refractivity contribution in [1.29, 1.82) is 0 Å². The Morgan fingerprint density at radius 3 is 2.91 bits per heavy atom. The topological polar surface area (TPSA) is 79.9 Å². The molecule has 2 heterocycles. The smallest absolute Gasteiger partial charge is 0.273 e. The average Bonchev–Trinajstić information content (AvgIpc) is 3.08. The molecule has 0 spiro atoms. The lowest BCUT2D eigenvalue weighted by atomic mass is 9.74. The van der Waals surface area contributed by atoms with E-state index in [1.54, 1.807) is 6.07 Å². The third-order valence-corrected chi connectivity index (χ3v) is 4.12. The minimum atomic E-state index is -0.320. The summed E-state index contributed by atoms with van der Waals surface area (Å²) in [5.41, 5.74) is 0.803. The van der Waals surface area contributed by atoms with Gasteiger partial charge in [-0.05, 0) is 30.5 Å². The number of H-pyrrole nitrogens is 1. The van der Waals surface area contributed by atoms with E-state index in [1.165, 1.54) is 18.3 Å². The number of amides is 1. The molecular weight excluding hydrogens is 287 g/mol. The van der Waals surface area contributed by atoms with Gasteiger partial charge in [-0.1, -0.05) is 12.1 Å². The summed E-state index contributed by atoms with van der Waals surface area (Å²) in [6.45, 7) is 1.60. The van der Waals surface area contributed by atoms with Crippen molar-refractivity contribution in [2.45, 2.75) is 18.3 Å². The van der Waals surface area contributed by atoms with E-state index < -0.39 is 0 Å². The molecule has 2 N–H and O–H groups in total. The highest BCUT2D eigenvalue weighted by atomic mass is 19.1. The number of hydrogen-bond acceptors (Lipinski definition) is 4. The summed E-state index contributed by atoms with van der Waals surface area (Å²) in [5, 5.41) is 12.7. The van der Waals surface area contributed by atoms with Gasteiger partial charge < -0.3 is 10.1 Å². The quantitative estimate of drug-likeness (QED) is 0.895. The number of aromatic nitrogens is 3. The number of rotatable bonds is 4. The van der Waals surface area contributed by atoms with Crippen molar-refractivity contribution >= 4 is 5.91 Å². The summed E-state index contributed by atoms with van der Waals surface area (Å²) < 4.78 is 19.0. The van der Waals surface area contributed by atoms with Gasteiger partial charge >= 0.3 is 0 Å². The predicted molar refractivity (Wildman–Crippen MR) is 76.8 cm³/mol. The molecule has 6 nitrogen and oxygen atoms in total. The zero-order valence-corrected chi connectivity index (χ0v) is 12.0. The number of carbonyl (C=O) groups is 1. The highest BCUT2D eigenvalue weighted by Gasteiger charge is 2.35. The molecule has 1 aliphatic heterocycles. The lowest BCUT2D eigenvalue weighted by Gasteiger charge is -2.37. The first-order valence-corrected chi connectivity index (χ1v) is 7.17. The van der Waals surface area contributed by atoms with Crippen LogP contribution in [0.2, 0.25) is 0 Å². The number of halogens is 1. The molecule has 7 heteroatoms. The highest BCUT2D eigenvalue weighted by molar-refractivity contribution is 5.91. The summed E-state index contributed by atoms with van der Waals surface area (Å²) in [6.07, 6.45) is 2.83. The van der Waals surface area contributed by atoms with E-state index in [9.17, 15) is 9.18 Å². The standard InChI is InChI=1S/C15H17FN4O2/c16-12-3-1-2-11(8-12)15(4-6-22-7-5-15)10-17-14(21)13-9-18-20-19-13/h1-3,8-9H,4-7,10H2,(H,17,21)(H,18,19,20). The Labute approximate surface area is 127 Å². The van der Waals surface area contributed by atoms with Crippen LogP contribution in [-0.4, -0.2) is 41.1 Å². The second-order valence-electron chi connectivity index (χ2n) is 5.44. The van der Waals surface area contributed by atoms with Gasteiger partial charge in [0.1, 0.15) is 5.82 Å². The van der Waals surface area contributed by atoms with Crippen LogP contribution in [0.4, 0.5) is 4.39 Å². The van der Waals surface area contributed by atoms with E-state index in [0.717, 1.165) is 18.4 Å². The average molecular weight is 304 g/mol. The second-order valence-corrected chi connectivity index (χ2v) is 5.44. The molecule has 1 aromatic heterocycles. The van der Waals surface area contributed by atoms with Crippen molar-refractivity contribution in [2.75, 3.05) is 19.8 Å². The summed E-state index contributed by atoms with van der Waals surface area (Å²) in [6, 6.07) is 6.55. The highest BCUT2D eigenvalue weighted by Crippen LogP contribution is 2.34. The van der Waals surface area contributed by atoms with Crippen LogP contribution in [0.3, 0.4) is 0 Å². The number of ether oxygens (including phenoxy) is 1. The van der Waals surface area contributed by atoms with Crippen molar-refractivity contribution in [2.24, 2.45) is 0 Å². The molecule has 1 fully saturated rings. The van der Waals surface area contributed by atoms with Gasteiger partial charge in [0, 0.05) is 25.2 Å². The van der Waals surface area contributed by atoms with Gasteiger partial charge in [0.2, 0.25) is 0 Å². The van der Waals surface area contributed by atoms with Crippen LogP contribution in [0.15, 0.2) is 30.5 Å². The predicted octanol–water partition coefficient (Wildman–Crippen LogP) is 1.42. The van der Waals surface area contributed by atoms with Crippen LogP contribution >= 0.6 is 0 Å². The van der Waals surface area contributed by atoms with E-state index >= 15 is 0 Å². The first-order chi connectivity index (χ1) is 10.7. The minimum Gasteiger partial charge on any atom is -0.381 e. The third kappa shape index (κ3) is 2.99. The molecule has 1 aliphatic rings. The summed E-state index contributed by atoms with van der Waals surface area (Å²) in [5.74, 6) is -0.567. The number of benzene rings is 1. The van der Waals surface area contributed by atoms with Crippen LogP contribution < -0.4 is 5.32 Å². The molecule has 1 saturated heterocycles. The van der Waals surface area contributed by atoms with E-state index in [4.69, 9.17) is 4.74 Å². The number of nitrogens with one attached hydrogen (secondary N) is 2. The van der Waals surface area contributed by atoms with Crippen molar-refractivity contribution in [3.05, 3.63) is 47.5 Å². The zero-order chi connectivity index (χ0) is 15.4. The van der Waals surface area contributed by atoms with Gasteiger partial charge in [-0.15, -0.1) is 0 Å². The maximum atomic E-state index is 13.6. The number of carbonyl (C=O) groups excluding carboxylic acids is 1. The van der Waals surface area contributed by atoms with Gasteiger partial charge in [0.15, 0.2) is 5.69 Å². The van der Waals surface area contributed by atoms with Crippen LogP contribution in [0.1, 0.15) is 28.9 Å². The van der Waals surface area contributed by atoms with Crippen molar-refractivity contribution in [3.63, 3.8) is 0 Å². The van der Waals surface area contributed by atoms with Gasteiger partial charge in [-0.3, -0.25) is 4.79 Å². The molecule has 116 valence electrons. The Bertz CT molecular complexity index is 639. The van der Waals surface area contributed by atoms with E-state index in [0.29, 0.717) is 19.8 Å². The lowest BCUT2D eigenvalue weighted by molar-refractivity contribution is 0.0485. The molecule has 1 aromatic carbocycles. The summed E-state index contributed by atoms with van der Waals surface area (Å²) in [4.78, 5) is 12.0. The van der Waals surface area contributed by atoms with Crippen molar-refractivity contribution in [1.82, 2.24) is 20.7 Å². The molecule has 0 saturated carbocycles. The van der Waals surface area contributed by atoms with Crippen LogP contribution in [0, 0.1) is 5.82 Å². The number of aromatic amines is 1. The largest absolute Gasteiger partial charge is 0.381 e. The minimum absolute atomic E-state index is 0.237. The van der Waals surface area contributed by atoms with Gasteiger partial charge in [-0.2, -0.15) is 15.4 Å². The molecule has 0 bridgehead atoms. The Hall–Kier alpha value is -2.28. The molecule has 0 aliphatic carbocycles. The molecule has 0 unspecified atom stereocenters. The Morgan fingerprint density at radius 1 is 1.41 bits per heavy atom. The van der Waals surface area contributed by atoms with Gasteiger partial charge in [0.25, 0.3) is 5.91 Å². The Balaban J connectivity index is 1.79. The van der Waals surface area contributed by atoms with Gasteiger partial charge in [-0.25, -0.2) is 4.39 Å².